The van der Waals surface area contributed by atoms with Crippen molar-refractivity contribution in [1.29, 1.82) is 0 Å². The normalized spacial score (nSPS) is 45.4. The molecule has 12 saturated carbocycles. The van der Waals surface area contributed by atoms with Gasteiger partial charge in [-0.3, -0.25) is 0 Å². The van der Waals surface area contributed by atoms with Crippen LogP contribution in [0.2, 0.25) is 0 Å². The number of methoxy groups -OCH3 is 1. The van der Waals surface area contributed by atoms with Gasteiger partial charge < -0.3 is 40.5 Å². The Morgan fingerprint density at radius 1 is 0.382 bits per heavy atom. The summed E-state index contributed by atoms with van der Waals surface area (Å²) in [6.45, 7) is 71.9. The fraction of sp³-hybridized carbons (Fsp3) is 0.812. The Kier molecular flexibility index (Phi) is 29.1. The van der Waals surface area contributed by atoms with Crippen LogP contribution in [0.5, 0.6) is 0 Å². The third-order valence-corrected chi connectivity index (χ3v) is 51.8. The topological polar surface area (TPSA) is 212 Å². The predicted octanol–water partition coefficient (Wildman–Crippen LogP) is 22.3. The summed E-state index contributed by atoms with van der Waals surface area (Å²) in [5.74, 6) is 10.6. The lowest BCUT2D eigenvalue weighted by molar-refractivity contribution is -0.221. The molecule has 0 aromatic carbocycles. The number of carboxylic acids is 1. The minimum atomic E-state index is -2.86. The molecule has 0 radical (unpaired) electrons. The summed E-state index contributed by atoms with van der Waals surface area (Å²) >= 11 is 0. The first-order chi connectivity index (χ1) is 63.6. The number of ether oxygens (including phenoxy) is 1. The molecule has 19 heteroatoms. The lowest BCUT2D eigenvalue weighted by Crippen LogP contribution is -2.68. The van der Waals surface area contributed by atoms with Gasteiger partial charge in [0.2, 0.25) is 0 Å². The highest BCUT2D eigenvalue weighted by atomic mass is 32.2. The fourth-order valence-electron chi connectivity index (χ4n) is 38.9. The first kappa shape index (κ1) is 105. The van der Waals surface area contributed by atoms with Crippen LogP contribution >= 0.6 is 0 Å². The third kappa shape index (κ3) is 17.8. The molecule has 0 amide bonds. The summed E-state index contributed by atoms with van der Waals surface area (Å²) in [7, 11) is -7.12. The molecule has 0 spiro atoms. The number of sulfone groups is 3. The number of carbonyl (C=O) groups is 2. The average molecular weight is 1930 g/mol. The number of allylic oxidation sites excluding steroid dienone is 15. The molecule has 15 fully saturated rings. The van der Waals surface area contributed by atoms with Crippen molar-refractivity contribution in [2.75, 3.05) is 120 Å². The Balaban J connectivity index is 0.000000148. The maximum Gasteiger partial charge on any atom is 0.330 e. The van der Waals surface area contributed by atoms with Crippen LogP contribution in [0.4, 0.5) is 0 Å². The largest absolute Gasteiger partial charge is 0.478 e. The van der Waals surface area contributed by atoms with Crippen LogP contribution in [0.3, 0.4) is 0 Å². The molecule has 4 N–H and O–H groups in total. The number of hydrogen-bond donors (Lipinski definition) is 4. The number of aliphatic carboxylic acids is 1. The Labute approximate surface area is 826 Å². The zero-order valence-corrected chi connectivity index (χ0v) is 91.1. The molecule has 136 heavy (non-hydrogen) atoms. The Morgan fingerprint density at radius 3 is 0.971 bits per heavy atom. The van der Waals surface area contributed by atoms with Gasteiger partial charge in [0, 0.05) is 107 Å². The van der Waals surface area contributed by atoms with Crippen LogP contribution in [0.15, 0.2) is 120 Å². The van der Waals surface area contributed by atoms with Crippen molar-refractivity contribution < 1.29 is 44.7 Å². The van der Waals surface area contributed by atoms with Gasteiger partial charge >= 0.3 is 11.9 Å². The Hall–Kier alpha value is -4.05. The van der Waals surface area contributed by atoms with E-state index >= 15 is 0 Å². The Morgan fingerprint density at radius 2 is 0.676 bits per heavy atom. The highest BCUT2D eigenvalue weighted by molar-refractivity contribution is 7.92. The molecule has 0 aromatic rings. The summed E-state index contributed by atoms with van der Waals surface area (Å²) in [6.07, 6.45) is 56.6. The van der Waals surface area contributed by atoms with Crippen LogP contribution in [-0.4, -0.2) is 194 Å². The molecule has 15 aliphatic carbocycles. The summed E-state index contributed by atoms with van der Waals surface area (Å²) in [5.41, 5.74) is 12.3. The van der Waals surface area contributed by atoms with Crippen molar-refractivity contribution in [3.8, 4) is 0 Å². The third-order valence-electron chi connectivity index (χ3n) is 47.0. The SMILES string of the molecule is C=C(C)[C@@H]1CC[C@]2(NCCN3CCS(=O)(=O)CC3)CC[C@]3(C)[C@H](CC[C@@H]4[C@@]5(C)CC=C(C)C(C)(C)[C@@H]5CC[C@]43C)[C@@H]12.C=C(C)[C@@H]1CC[C@]2(NCCN3CCS(=O)(=O)CC3)CC[C@]3(C)[C@H](CC[C@@H]4[C@@]5(C)CC=C(C=C/C=C/C(=O)O)C(C)(C)[C@@H]5CC[C@]43C)[C@@H]12.C=C(C)[C@@H]1CC[C@]2(NCCN3CCS(=O)(=O)CC3)CC[C@]3(C)[C@H](CC[C@@H]4[C@@]5(C)CC=C(C=C/C=C/C(=O)OC)C(C)(C)[C@@H]5CC[C@]43C)[C@@H]12. The van der Waals surface area contributed by atoms with Crippen LogP contribution in [0, 0.1) is 154 Å². The van der Waals surface area contributed by atoms with Crippen molar-refractivity contribution in [1.82, 2.24) is 30.7 Å². The van der Waals surface area contributed by atoms with Gasteiger partial charge in [0.15, 0.2) is 29.5 Å². The van der Waals surface area contributed by atoms with E-state index < -0.39 is 35.5 Å². The minimum Gasteiger partial charge on any atom is -0.478 e. The van der Waals surface area contributed by atoms with E-state index in [1.807, 2.05) is 12.2 Å². The van der Waals surface area contributed by atoms with E-state index in [2.05, 4.69) is 212 Å². The maximum absolute atomic E-state index is 12.0. The summed E-state index contributed by atoms with van der Waals surface area (Å²) in [5, 5.41) is 21.6. The standard InChI is InChI=1S/C41H64N2O4S.C40H62N2O4S.C36H60N2O2S/c1-29(2)31-16-20-41(42-23-24-43-25-27-48(45,46)28-26-43)22-21-39(6)32(36(31)41)13-14-34-38(5)18-15-30(11-9-10-12-35(44)47-8)37(3,4)33(38)17-19-40(34,39)7;1-28(2)30-15-19-40(41-22-23-42-24-26-47(45,46)27-25-42)21-20-38(6)31(35(30)40)12-13-33-37(5)17-14-29(10-8-9-11-34(43)44)36(3,4)32(37)16-18-39(33,38)7;1-25(2)27-12-16-36(37-19-20-38-21-23-41(39,40)24-22-38)18-17-34(7)28(31(27)36)9-10-30-33(6)14-11-26(3)32(4,5)29(33)13-15-35(30,34)8/h9-12,15,31-34,36,42H,1,13-14,16-28H2,2-8H3;8-11,14,30-33,35,41H,1,12-13,15-27H2,2-7H3,(H,43,44);11,27-31,37H,1,9-10,12-24H2,2-8H3/b11-9?,12-10+;10-8?,11-9+;/t31-,32+,33-,34+,36+,38-,39+,40+,41-;30-,31+,32-,33+,35+,37-,38+,39+,40-;27-,28+,29-,30+,31+,33-,34+,35+,36-/m000/s1. The molecule has 18 aliphatic rings. The van der Waals surface area contributed by atoms with Crippen LogP contribution in [0.25, 0.3) is 0 Å². The molecule has 3 heterocycles. The molecular formula is C117H186N6O10S3. The number of fused-ring (bicyclic) bond motifs is 21. The van der Waals surface area contributed by atoms with Crippen LogP contribution < -0.4 is 16.0 Å². The van der Waals surface area contributed by atoms with Crippen molar-refractivity contribution in [3.05, 3.63) is 120 Å². The smallest absolute Gasteiger partial charge is 0.330 e. The molecular weight excluding hydrogens is 1750 g/mol. The zero-order chi connectivity index (χ0) is 98.4. The van der Waals surface area contributed by atoms with Crippen molar-refractivity contribution >= 4 is 41.5 Å². The van der Waals surface area contributed by atoms with E-state index in [1.54, 1.807) is 17.7 Å². The molecule has 3 saturated heterocycles. The van der Waals surface area contributed by atoms with Crippen molar-refractivity contribution in [2.45, 2.75) is 322 Å². The summed E-state index contributed by atoms with van der Waals surface area (Å²) in [4.78, 5) is 29.6. The van der Waals surface area contributed by atoms with Gasteiger partial charge in [-0.05, 0) is 366 Å². The number of carboxylic acid groups (broad SMARTS) is 1. The summed E-state index contributed by atoms with van der Waals surface area (Å²) < 4.78 is 76.7. The first-order valence-electron chi connectivity index (χ1n) is 54.7. The van der Waals surface area contributed by atoms with Gasteiger partial charge in [-0.25, -0.2) is 34.8 Å². The second-order valence-corrected chi connectivity index (χ2v) is 60.0. The van der Waals surface area contributed by atoms with Gasteiger partial charge in [-0.15, -0.1) is 0 Å². The van der Waals surface area contributed by atoms with E-state index in [0.717, 1.165) is 69.9 Å². The molecule has 0 unspecified atom stereocenters. The molecule has 27 atom stereocenters. The van der Waals surface area contributed by atoms with Crippen LogP contribution in [-0.2, 0) is 43.8 Å². The second-order valence-electron chi connectivity index (χ2n) is 53.1. The highest BCUT2D eigenvalue weighted by Crippen LogP contribution is 2.81. The van der Waals surface area contributed by atoms with E-state index in [9.17, 15) is 34.8 Å². The number of esters is 1. The van der Waals surface area contributed by atoms with Gasteiger partial charge in [-0.2, -0.15) is 0 Å². The molecule has 3 aliphatic heterocycles. The molecule has 0 bridgehead atoms. The summed E-state index contributed by atoms with van der Waals surface area (Å²) in [6, 6.07) is 0. The van der Waals surface area contributed by atoms with E-state index in [-0.39, 0.29) is 55.1 Å². The number of rotatable bonds is 21. The molecule has 0 aromatic heterocycles. The average Bonchev–Trinajstić information content (AvgIpc) is 1.14. The minimum absolute atomic E-state index is 0.0420. The fourth-order valence-corrected chi connectivity index (χ4v) is 42.7. The van der Waals surface area contributed by atoms with Gasteiger partial charge in [0.25, 0.3) is 0 Å². The number of hydrogen-bond acceptors (Lipinski definition) is 15. The lowest BCUT2D eigenvalue weighted by Gasteiger charge is -2.72. The molecule has 16 nitrogen and oxygen atoms in total. The van der Waals surface area contributed by atoms with E-state index in [0.29, 0.717) is 177 Å². The zero-order valence-electron chi connectivity index (χ0n) is 88.6. The highest BCUT2D eigenvalue weighted by Gasteiger charge is 2.75. The maximum atomic E-state index is 12.0. The van der Waals surface area contributed by atoms with E-state index in [4.69, 9.17) is 9.84 Å². The van der Waals surface area contributed by atoms with Crippen LogP contribution in [0.1, 0.15) is 305 Å². The Bertz CT molecular complexity index is 5090. The van der Waals surface area contributed by atoms with Crippen molar-refractivity contribution in [2.24, 2.45) is 154 Å². The number of carbonyl (C=O) groups excluding carboxylic acids is 1. The quantitative estimate of drug-likeness (QED) is 0.0364. The van der Waals surface area contributed by atoms with Gasteiger partial charge in [0.1, 0.15) is 0 Å². The number of nitrogens with one attached hydrogen (secondary N) is 3. The first-order valence-corrected chi connectivity index (χ1v) is 60.2. The van der Waals surface area contributed by atoms with Gasteiger partial charge in [0.05, 0.1) is 41.6 Å². The molecule has 18 rings (SSSR count). The monoisotopic (exact) mass is 1930 g/mol. The second kappa shape index (κ2) is 37.8. The molecule has 762 valence electrons. The lowest BCUT2D eigenvalue weighted by atomic mass is 9.33. The van der Waals surface area contributed by atoms with Gasteiger partial charge in [-0.1, -0.05) is 201 Å². The van der Waals surface area contributed by atoms with Crippen molar-refractivity contribution in [3.63, 3.8) is 0 Å². The predicted molar refractivity (Wildman–Crippen MR) is 559 cm³/mol. The number of nitrogens with zero attached hydrogens (tertiary/aromatic N) is 3. The van der Waals surface area contributed by atoms with E-state index in [1.165, 1.54) is 208 Å².